The monoisotopic (exact) mass is 187 g/mol. The third-order valence-electron chi connectivity index (χ3n) is 2.16. The van der Waals surface area contributed by atoms with E-state index < -0.39 is 6.10 Å². The summed E-state index contributed by atoms with van der Waals surface area (Å²) in [4.78, 5) is 11.2. The fourth-order valence-corrected chi connectivity index (χ4v) is 1.42. The minimum absolute atomic E-state index is 0.0291. The lowest BCUT2D eigenvalue weighted by atomic mass is 9.89. The summed E-state index contributed by atoms with van der Waals surface area (Å²) in [5.74, 6) is 0.610. The lowest BCUT2D eigenvalue weighted by Crippen LogP contribution is -2.26. The largest absolute Gasteiger partial charge is 0.392 e. The molecule has 0 amide bonds. The van der Waals surface area contributed by atoms with Crippen molar-refractivity contribution in [2.45, 2.75) is 39.7 Å². The molecule has 13 heavy (non-hydrogen) atoms. The van der Waals surface area contributed by atoms with Gasteiger partial charge in [0.25, 0.3) is 0 Å². The highest BCUT2D eigenvalue weighted by Crippen LogP contribution is 2.17. The molecule has 0 aliphatic carbocycles. The molecule has 0 saturated carbocycles. The molecule has 3 nitrogen and oxygen atoms in total. The molecule has 0 aliphatic heterocycles. The van der Waals surface area contributed by atoms with Gasteiger partial charge in [0, 0.05) is 12.5 Å². The number of carbonyl (C=O) groups excluding carboxylic acids is 1. The van der Waals surface area contributed by atoms with E-state index in [9.17, 15) is 9.90 Å². The van der Waals surface area contributed by atoms with Gasteiger partial charge < -0.3 is 10.8 Å². The Bertz CT molecular complexity index is 157. The molecule has 2 atom stereocenters. The van der Waals surface area contributed by atoms with Gasteiger partial charge in [-0.25, -0.2) is 0 Å². The molecule has 0 heterocycles. The minimum Gasteiger partial charge on any atom is -0.392 e. The van der Waals surface area contributed by atoms with Crippen LogP contribution in [-0.2, 0) is 4.79 Å². The van der Waals surface area contributed by atoms with Crippen molar-refractivity contribution in [1.82, 2.24) is 0 Å². The van der Waals surface area contributed by atoms with E-state index in [1.807, 2.05) is 0 Å². The van der Waals surface area contributed by atoms with Crippen molar-refractivity contribution in [3.05, 3.63) is 0 Å². The second-order valence-electron chi connectivity index (χ2n) is 4.06. The summed E-state index contributed by atoms with van der Waals surface area (Å²) in [7, 11) is 0. The molecule has 0 aliphatic rings. The number of ketones is 1. The SMILES string of the molecule is CC(=O)C(CC(C)C)C[C@@H](O)CN. The van der Waals surface area contributed by atoms with Crippen molar-refractivity contribution in [1.29, 1.82) is 0 Å². The van der Waals surface area contributed by atoms with E-state index in [1.54, 1.807) is 6.92 Å². The molecule has 0 radical (unpaired) electrons. The Morgan fingerprint density at radius 3 is 2.23 bits per heavy atom. The van der Waals surface area contributed by atoms with E-state index in [-0.39, 0.29) is 18.2 Å². The molecular formula is C10H21NO2. The number of hydrogen-bond donors (Lipinski definition) is 2. The van der Waals surface area contributed by atoms with Gasteiger partial charge in [0.05, 0.1) is 6.10 Å². The number of aliphatic hydroxyl groups excluding tert-OH is 1. The maximum atomic E-state index is 11.2. The molecule has 78 valence electrons. The average molecular weight is 187 g/mol. The third-order valence-corrected chi connectivity index (χ3v) is 2.16. The van der Waals surface area contributed by atoms with Crippen LogP contribution >= 0.6 is 0 Å². The van der Waals surface area contributed by atoms with Crippen molar-refractivity contribution >= 4 is 5.78 Å². The van der Waals surface area contributed by atoms with Crippen LogP contribution in [-0.4, -0.2) is 23.5 Å². The summed E-state index contributed by atoms with van der Waals surface area (Å²) in [6.45, 7) is 5.97. The Morgan fingerprint density at radius 2 is 1.92 bits per heavy atom. The second-order valence-corrected chi connectivity index (χ2v) is 4.06. The van der Waals surface area contributed by atoms with Crippen LogP contribution in [0.25, 0.3) is 0 Å². The van der Waals surface area contributed by atoms with E-state index >= 15 is 0 Å². The number of hydrogen-bond acceptors (Lipinski definition) is 3. The molecule has 1 unspecified atom stereocenters. The molecule has 0 bridgehead atoms. The van der Waals surface area contributed by atoms with Crippen molar-refractivity contribution in [3.63, 3.8) is 0 Å². The molecular weight excluding hydrogens is 166 g/mol. The number of rotatable bonds is 6. The van der Waals surface area contributed by atoms with E-state index in [4.69, 9.17) is 5.73 Å². The number of aliphatic hydroxyl groups is 1. The maximum absolute atomic E-state index is 11.2. The van der Waals surface area contributed by atoms with Crippen molar-refractivity contribution in [3.8, 4) is 0 Å². The lowest BCUT2D eigenvalue weighted by Gasteiger charge is -2.18. The smallest absolute Gasteiger partial charge is 0.133 e. The van der Waals surface area contributed by atoms with Gasteiger partial charge in [-0.15, -0.1) is 0 Å². The molecule has 0 rings (SSSR count). The Labute approximate surface area is 80.3 Å². The van der Waals surface area contributed by atoms with Gasteiger partial charge in [0.2, 0.25) is 0 Å². The Kier molecular flexibility index (Phi) is 5.91. The summed E-state index contributed by atoms with van der Waals surface area (Å²) >= 11 is 0. The lowest BCUT2D eigenvalue weighted by molar-refractivity contribution is -0.122. The minimum atomic E-state index is -0.535. The highest BCUT2D eigenvalue weighted by molar-refractivity contribution is 5.78. The van der Waals surface area contributed by atoms with Crippen LogP contribution in [0.5, 0.6) is 0 Å². The molecule has 0 fully saturated rings. The molecule has 3 N–H and O–H groups in total. The Morgan fingerprint density at radius 1 is 1.38 bits per heavy atom. The van der Waals surface area contributed by atoms with Gasteiger partial charge >= 0.3 is 0 Å². The zero-order valence-electron chi connectivity index (χ0n) is 8.79. The van der Waals surface area contributed by atoms with Crippen LogP contribution in [0.2, 0.25) is 0 Å². The highest BCUT2D eigenvalue weighted by Gasteiger charge is 2.18. The van der Waals surface area contributed by atoms with Gasteiger partial charge in [-0.2, -0.15) is 0 Å². The first kappa shape index (κ1) is 12.6. The zero-order chi connectivity index (χ0) is 10.4. The quantitative estimate of drug-likeness (QED) is 0.650. The summed E-state index contributed by atoms with van der Waals surface area (Å²) in [5.41, 5.74) is 5.29. The van der Waals surface area contributed by atoms with Gasteiger partial charge in [-0.05, 0) is 25.7 Å². The summed E-state index contributed by atoms with van der Waals surface area (Å²) in [6.07, 6.45) is 0.809. The van der Waals surface area contributed by atoms with Gasteiger partial charge in [0.15, 0.2) is 0 Å². The van der Waals surface area contributed by atoms with Crippen LogP contribution < -0.4 is 5.73 Å². The summed E-state index contributed by atoms with van der Waals surface area (Å²) in [6, 6.07) is 0. The normalized spacial score (nSPS) is 15.8. The highest BCUT2D eigenvalue weighted by atomic mass is 16.3. The second kappa shape index (κ2) is 6.11. The average Bonchev–Trinajstić information content (AvgIpc) is 2.02. The molecule has 0 aromatic rings. The standard InChI is InChI=1S/C10H21NO2/c1-7(2)4-9(8(3)12)5-10(13)6-11/h7,9-10,13H,4-6,11H2,1-3H3/t9?,10-/m1/s1. The van der Waals surface area contributed by atoms with Gasteiger partial charge in [-0.1, -0.05) is 13.8 Å². The predicted molar refractivity (Wildman–Crippen MR) is 53.3 cm³/mol. The fourth-order valence-electron chi connectivity index (χ4n) is 1.42. The number of carbonyl (C=O) groups is 1. The maximum Gasteiger partial charge on any atom is 0.133 e. The van der Waals surface area contributed by atoms with Crippen LogP contribution in [0, 0.1) is 11.8 Å². The molecule has 0 saturated heterocycles. The predicted octanol–water partition coefficient (Wildman–Crippen LogP) is 0.947. The van der Waals surface area contributed by atoms with Crippen molar-refractivity contribution in [2.24, 2.45) is 17.6 Å². The molecule has 3 heteroatoms. The zero-order valence-corrected chi connectivity index (χ0v) is 8.79. The Hall–Kier alpha value is -0.410. The molecule has 0 spiro atoms. The number of nitrogens with two attached hydrogens (primary N) is 1. The van der Waals surface area contributed by atoms with Crippen LogP contribution in [0.1, 0.15) is 33.6 Å². The number of Topliss-reactive ketones (excluding diaryl/α,β-unsaturated/α-hetero) is 1. The first-order valence-electron chi connectivity index (χ1n) is 4.86. The van der Waals surface area contributed by atoms with Gasteiger partial charge in [0.1, 0.15) is 5.78 Å². The van der Waals surface area contributed by atoms with Crippen molar-refractivity contribution in [2.75, 3.05) is 6.54 Å². The van der Waals surface area contributed by atoms with E-state index in [0.717, 1.165) is 6.42 Å². The Balaban J connectivity index is 4.02. The van der Waals surface area contributed by atoms with E-state index in [0.29, 0.717) is 12.3 Å². The first-order chi connectivity index (χ1) is 5.97. The first-order valence-corrected chi connectivity index (χ1v) is 4.86. The van der Waals surface area contributed by atoms with Crippen molar-refractivity contribution < 1.29 is 9.90 Å². The molecule has 0 aromatic heterocycles. The van der Waals surface area contributed by atoms with E-state index in [1.165, 1.54) is 0 Å². The van der Waals surface area contributed by atoms with Crippen LogP contribution in [0.3, 0.4) is 0 Å². The third kappa shape index (κ3) is 5.77. The van der Waals surface area contributed by atoms with Crippen LogP contribution in [0.15, 0.2) is 0 Å². The molecule has 0 aromatic carbocycles. The topological polar surface area (TPSA) is 63.3 Å². The van der Waals surface area contributed by atoms with Gasteiger partial charge in [-0.3, -0.25) is 4.79 Å². The van der Waals surface area contributed by atoms with E-state index in [2.05, 4.69) is 13.8 Å². The summed E-state index contributed by atoms with van der Waals surface area (Å²) < 4.78 is 0. The fraction of sp³-hybridized carbons (Fsp3) is 0.900. The summed E-state index contributed by atoms with van der Waals surface area (Å²) in [5, 5.41) is 9.31. The van der Waals surface area contributed by atoms with Crippen LogP contribution in [0.4, 0.5) is 0 Å².